The molecule has 0 bridgehead atoms. The highest BCUT2D eigenvalue weighted by molar-refractivity contribution is 4.90. The van der Waals surface area contributed by atoms with E-state index >= 15 is 0 Å². The summed E-state index contributed by atoms with van der Waals surface area (Å²) in [6.45, 7) is 2.62. The van der Waals surface area contributed by atoms with Gasteiger partial charge in [-0.25, -0.2) is 0 Å². The molecule has 0 aromatic heterocycles. The average Bonchev–Trinajstić information content (AvgIpc) is 2.31. The van der Waals surface area contributed by atoms with E-state index in [0.717, 1.165) is 6.42 Å². The van der Waals surface area contributed by atoms with Crippen LogP contribution >= 0.6 is 0 Å². The summed E-state index contributed by atoms with van der Waals surface area (Å²) in [6.07, 6.45) is 14.2. The fraction of sp³-hybridized carbons (Fsp3) is 0.857. The number of hydrogen-bond acceptors (Lipinski definition) is 2. The highest BCUT2D eigenvalue weighted by atomic mass is 16.5. The van der Waals surface area contributed by atoms with E-state index in [1.165, 1.54) is 51.4 Å². The highest BCUT2D eigenvalue weighted by Crippen LogP contribution is 2.08. The van der Waals surface area contributed by atoms with Gasteiger partial charge in [0.25, 0.3) is 0 Å². The Kier molecular flexibility index (Phi) is 13.7. The normalized spacial score (nSPS) is 9.62. The van der Waals surface area contributed by atoms with Crippen LogP contribution in [0.4, 0.5) is 0 Å². The van der Waals surface area contributed by atoms with Gasteiger partial charge in [0.1, 0.15) is 12.7 Å². The molecule has 0 unspecified atom stereocenters. The molecule has 0 heterocycles. The molecular formula is C14H26O2. The van der Waals surface area contributed by atoms with E-state index in [9.17, 15) is 0 Å². The zero-order valence-corrected chi connectivity index (χ0v) is 10.6. The molecule has 0 aromatic rings. The molecule has 0 aromatic carbocycles. The van der Waals surface area contributed by atoms with E-state index in [1.54, 1.807) is 0 Å². The Morgan fingerprint density at radius 2 is 1.56 bits per heavy atom. The van der Waals surface area contributed by atoms with E-state index in [2.05, 4.69) is 19.0 Å². The first-order chi connectivity index (χ1) is 7.91. The summed E-state index contributed by atoms with van der Waals surface area (Å²) in [6, 6.07) is 0. The van der Waals surface area contributed by atoms with Crippen LogP contribution in [0.1, 0.15) is 64.7 Å². The molecule has 2 nitrogen and oxygen atoms in total. The van der Waals surface area contributed by atoms with Crippen LogP contribution < -0.4 is 0 Å². The first kappa shape index (κ1) is 15.3. The lowest BCUT2D eigenvalue weighted by Gasteiger charge is -1.99. The van der Waals surface area contributed by atoms with Crippen LogP contribution in [0.15, 0.2) is 0 Å². The average molecular weight is 226 g/mol. The van der Waals surface area contributed by atoms with Crippen molar-refractivity contribution >= 4 is 0 Å². The Morgan fingerprint density at radius 1 is 0.938 bits per heavy atom. The van der Waals surface area contributed by atoms with Crippen molar-refractivity contribution in [2.24, 2.45) is 0 Å². The SMILES string of the molecule is CCCCCCCCCCC#COCCO. The Hall–Kier alpha value is -0.680. The lowest BCUT2D eigenvalue weighted by Crippen LogP contribution is -1.92. The maximum Gasteiger partial charge on any atom is 0.123 e. The minimum atomic E-state index is 0.0481. The van der Waals surface area contributed by atoms with Gasteiger partial charge in [0.15, 0.2) is 0 Å². The third-order valence-corrected chi connectivity index (χ3v) is 2.49. The molecule has 0 radical (unpaired) electrons. The van der Waals surface area contributed by atoms with Crippen LogP contribution in [-0.2, 0) is 4.74 Å². The zero-order valence-electron chi connectivity index (χ0n) is 10.6. The van der Waals surface area contributed by atoms with Crippen LogP contribution in [0.25, 0.3) is 0 Å². The fourth-order valence-electron chi connectivity index (χ4n) is 1.55. The summed E-state index contributed by atoms with van der Waals surface area (Å²) in [5.74, 6) is 2.95. The van der Waals surface area contributed by atoms with Gasteiger partial charge in [-0.3, -0.25) is 0 Å². The zero-order chi connectivity index (χ0) is 11.9. The highest BCUT2D eigenvalue weighted by Gasteiger charge is 1.90. The molecule has 0 saturated heterocycles. The number of hydrogen-bond donors (Lipinski definition) is 1. The van der Waals surface area contributed by atoms with Crippen molar-refractivity contribution in [1.29, 1.82) is 0 Å². The van der Waals surface area contributed by atoms with Gasteiger partial charge in [-0.2, -0.15) is 0 Å². The molecule has 0 aliphatic carbocycles. The first-order valence-corrected chi connectivity index (χ1v) is 6.62. The number of aliphatic hydroxyl groups excluding tert-OH is 1. The molecule has 0 spiro atoms. The summed E-state index contributed by atoms with van der Waals surface area (Å²) in [5.41, 5.74) is 0. The summed E-state index contributed by atoms with van der Waals surface area (Å²) in [5, 5.41) is 8.43. The van der Waals surface area contributed by atoms with Crippen molar-refractivity contribution in [3.05, 3.63) is 0 Å². The predicted octanol–water partition coefficient (Wildman–Crippen LogP) is 3.49. The molecule has 2 heteroatoms. The topological polar surface area (TPSA) is 29.5 Å². The van der Waals surface area contributed by atoms with Gasteiger partial charge in [0, 0.05) is 6.42 Å². The van der Waals surface area contributed by atoms with Gasteiger partial charge in [0.2, 0.25) is 0 Å². The lowest BCUT2D eigenvalue weighted by atomic mass is 10.1. The van der Waals surface area contributed by atoms with Crippen molar-refractivity contribution in [2.45, 2.75) is 64.7 Å². The predicted molar refractivity (Wildman–Crippen MR) is 68.0 cm³/mol. The minimum absolute atomic E-state index is 0.0481. The van der Waals surface area contributed by atoms with Gasteiger partial charge < -0.3 is 9.84 Å². The number of aliphatic hydroxyl groups is 1. The van der Waals surface area contributed by atoms with E-state index in [4.69, 9.17) is 9.84 Å². The number of rotatable bonds is 10. The molecule has 94 valence electrons. The van der Waals surface area contributed by atoms with Crippen molar-refractivity contribution in [3.63, 3.8) is 0 Å². The summed E-state index contributed by atoms with van der Waals surface area (Å²) in [7, 11) is 0. The van der Waals surface area contributed by atoms with E-state index < -0.39 is 0 Å². The third-order valence-electron chi connectivity index (χ3n) is 2.49. The summed E-state index contributed by atoms with van der Waals surface area (Å²) < 4.78 is 4.84. The summed E-state index contributed by atoms with van der Waals surface area (Å²) in [4.78, 5) is 0. The van der Waals surface area contributed by atoms with Crippen LogP contribution in [0.3, 0.4) is 0 Å². The molecular weight excluding hydrogens is 200 g/mol. The Balaban J connectivity index is 2.99. The molecule has 0 atom stereocenters. The fourth-order valence-corrected chi connectivity index (χ4v) is 1.55. The molecule has 0 rings (SSSR count). The Labute approximate surface area is 100 Å². The Bertz CT molecular complexity index is 179. The molecule has 0 amide bonds. The van der Waals surface area contributed by atoms with Gasteiger partial charge >= 0.3 is 0 Å². The van der Waals surface area contributed by atoms with Crippen LogP contribution in [-0.4, -0.2) is 18.3 Å². The second kappa shape index (κ2) is 14.3. The van der Waals surface area contributed by atoms with Crippen LogP contribution in [0, 0.1) is 12.0 Å². The third kappa shape index (κ3) is 13.3. The lowest BCUT2D eigenvalue weighted by molar-refractivity contribution is 0.180. The molecule has 1 N–H and O–H groups in total. The maximum absolute atomic E-state index is 8.43. The molecule has 0 aliphatic heterocycles. The monoisotopic (exact) mass is 226 g/mol. The quantitative estimate of drug-likeness (QED) is 0.456. The number of ether oxygens (including phenoxy) is 1. The number of unbranched alkanes of at least 4 members (excludes halogenated alkanes) is 8. The second-order valence-electron chi connectivity index (χ2n) is 4.08. The molecule has 16 heavy (non-hydrogen) atoms. The van der Waals surface area contributed by atoms with Crippen molar-refractivity contribution in [3.8, 4) is 12.0 Å². The maximum atomic E-state index is 8.43. The van der Waals surface area contributed by atoms with Gasteiger partial charge in [-0.15, -0.1) is 0 Å². The first-order valence-electron chi connectivity index (χ1n) is 6.62. The molecule has 0 saturated carbocycles. The summed E-state index contributed by atoms with van der Waals surface area (Å²) >= 11 is 0. The largest absolute Gasteiger partial charge is 0.444 e. The van der Waals surface area contributed by atoms with Crippen LogP contribution in [0.5, 0.6) is 0 Å². The minimum Gasteiger partial charge on any atom is -0.444 e. The molecule has 0 fully saturated rings. The van der Waals surface area contributed by atoms with Gasteiger partial charge in [-0.1, -0.05) is 57.8 Å². The van der Waals surface area contributed by atoms with Crippen molar-refractivity contribution < 1.29 is 9.84 Å². The van der Waals surface area contributed by atoms with Crippen molar-refractivity contribution in [1.82, 2.24) is 0 Å². The van der Waals surface area contributed by atoms with E-state index in [-0.39, 0.29) is 6.61 Å². The smallest absolute Gasteiger partial charge is 0.123 e. The Morgan fingerprint density at radius 3 is 2.19 bits per heavy atom. The standard InChI is InChI=1S/C14H26O2/c1-2-3-4-5-6-7-8-9-10-11-13-16-14-12-15/h15H,2-10,12,14H2,1H3. The second-order valence-corrected chi connectivity index (χ2v) is 4.08. The molecule has 0 aliphatic rings. The van der Waals surface area contributed by atoms with Crippen molar-refractivity contribution in [2.75, 3.05) is 13.2 Å². The van der Waals surface area contributed by atoms with Gasteiger partial charge in [-0.05, 0) is 6.42 Å². The van der Waals surface area contributed by atoms with E-state index in [0.29, 0.717) is 6.61 Å². The van der Waals surface area contributed by atoms with Gasteiger partial charge in [0.05, 0.1) is 6.61 Å². The van der Waals surface area contributed by atoms with Crippen LogP contribution in [0.2, 0.25) is 0 Å². The van der Waals surface area contributed by atoms with E-state index in [1.807, 2.05) is 0 Å².